The molecule has 1 atom stereocenters. The zero-order valence-corrected chi connectivity index (χ0v) is 12.8. The van der Waals surface area contributed by atoms with E-state index in [4.69, 9.17) is 4.74 Å². The van der Waals surface area contributed by atoms with Crippen LogP contribution >= 0.6 is 0 Å². The molecular formula is C16H27NO2. The average molecular weight is 265 g/mol. The molecule has 0 heterocycles. The van der Waals surface area contributed by atoms with Gasteiger partial charge >= 0.3 is 0 Å². The lowest BCUT2D eigenvalue weighted by Crippen LogP contribution is -2.28. The Morgan fingerprint density at radius 3 is 2.47 bits per heavy atom. The molecule has 0 aliphatic carbocycles. The number of ether oxygens (including phenoxy) is 1. The molecule has 0 radical (unpaired) electrons. The van der Waals surface area contributed by atoms with Gasteiger partial charge in [-0.1, -0.05) is 18.2 Å². The minimum Gasteiger partial charge on any atom is -0.387 e. The van der Waals surface area contributed by atoms with Crippen molar-refractivity contribution < 1.29 is 9.84 Å². The van der Waals surface area contributed by atoms with Crippen LogP contribution in [-0.2, 0) is 4.74 Å². The standard InChI is InChI=1S/C16H27NO2/c1-12(2)19-9-8-17(5)11-16(18)15-7-6-13(3)14(4)10-15/h6-7,10,12,16,18H,8-9,11H2,1-5H3. The summed E-state index contributed by atoms with van der Waals surface area (Å²) in [6, 6.07) is 6.14. The molecule has 3 heteroatoms. The molecule has 1 rings (SSSR count). The fourth-order valence-electron chi connectivity index (χ4n) is 1.91. The lowest BCUT2D eigenvalue weighted by Gasteiger charge is -2.21. The van der Waals surface area contributed by atoms with E-state index in [0.717, 1.165) is 12.1 Å². The molecule has 1 unspecified atom stereocenters. The third-order valence-electron chi connectivity index (χ3n) is 3.32. The van der Waals surface area contributed by atoms with E-state index < -0.39 is 6.10 Å². The summed E-state index contributed by atoms with van der Waals surface area (Å²) in [5.41, 5.74) is 3.47. The second-order valence-electron chi connectivity index (χ2n) is 5.54. The molecule has 0 bridgehead atoms. The number of aliphatic hydroxyl groups is 1. The molecule has 19 heavy (non-hydrogen) atoms. The number of rotatable bonds is 7. The molecule has 108 valence electrons. The van der Waals surface area contributed by atoms with Gasteiger partial charge in [-0.15, -0.1) is 0 Å². The van der Waals surface area contributed by atoms with Crippen LogP contribution in [0.2, 0.25) is 0 Å². The van der Waals surface area contributed by atoms with Crippen LogP contribution in [0.25, 0.3) is 0 Å². The Morgan fingerprint density at radius 2 is 1.89 bits per heavy atom. The van der Waals surface area contributed by atoms with E-state index in [9.17, 15) is 5.11 Å². The van der Waals surface area contributed by atoms with Gasteiger partial charge in [-0.3, -0.25) is 0 Å². The van der Waals surface area contributed by atoms with Crippen LogP contribution in [0.15, 0.2) is 18.2 Å². The van der Waals surface area contributed by atoms with Crippen molar-refractivity contribution in [3.63, 3.8) is 0 Å². The van der Waals surface area contributed by atoms with Crippen molar-refractivity contribution in [3.05, 3.63) is 34.9 Å². The van der Waals surface area contributed by atoms with Crippen molar-refractivity contribution in [1.82, 2.24) is 4.90 Å². The van der Waals surface area contributed by atoms with E-state index in [2.05, 4.69) is 30.9 Å². The van der Waals surface area contributed by atoms with Gasteiger partial charge in [-0.25, -0.2) is 0 Å². The van der Waals surface area contributed by atoms with Gasteiger partial charge in [0.15, 0.2) is 0 Å². The lowest BCUT2D eigenvalue weighted by molar-refractivity contribution is 0.0519. The highest BCUT2D eigenvalue weighted by molar-refractivity contribution is 5.31. The number of likely N-dealkylation sites (N-methyl/N-ethyl adjacent to an activating group) is 1. The summed E-state index contributed by atoms with van der Waals surface area (Å²) in [4.78, 5) is 2.10. The van der Waals surface area contributed by atoms with Crippen LogP contribution in [0.1, 0.15) is 36.6 Å². The number of hydrogen-bond acceptors (Lipinski definition) is 3. The topological polar surface area (TPSA) is 32.7 Å². The molecule has 0 saturated heterocycles. The van der Waals surface area contributed by atoms with Gasteiger partial charge in [0.05, 0.1) is 18.8 Å². The van der Waals surface area contributed by atoms with Gasteiger partial charge in [0, 0.05) is 13.1 Å². The summed E-state index contributed by atoms with van der Waals surface area (Å²) in [5, 5.41) is 10.2. The van der Waals surface area contributed by atoms with Crippen LogP contribution in [0.3, 0.4) is 0 Å². The monoisotopic (exact) mass is 265 g/mol. The van der Waals surface area contributed by atoms with E-state index in [-0.39, 0.29) is 6.10 Å². The Labute approximate surface area is 117 Å². The first kappa shape index (κ1) is 16.2. The number of aryl methyl sites for hydroxylation is 2. The van der Waals surface area contributed by atoms with Crippen LogP contribution in [0, 0.1) is 13.8 Å². The highest BCUT2D eigenvalue weighted by Crippen LogP contribution is 2.17. The highest BCUT2D eigenvalue weighted by atomic mass is 16.5. The summed E-state index contributed by atoms with van der Waals surface area (Å²) >= 11 is 0. The van der Waals surface area contributed by atoms with Gasteiger partial charge in [0.1, 0.15) is 0 Å². The molecule has 0 aromatic heterocycles. The Hall–Kier alpha value is -0.900. The first-order chi connectivity index (χ1) is 8.90. The molecule has 1 N–H and O–H groups in total. The highest BCUT2D eigenvalue weighted by Gasteiger charge is 2.11. The van der Waals surface area contributed by atoms with Crippen LogP contribution in [-0.4, -0.2) is 42.9 Å². The predicted octanol–water partition coefficient (Wildman–Crippen LogP) is 2.69. The van der Waals surface area contributed by atoms with Gasteiger partial charge < -0.3 is 14.7 Å². The van der Waals surface area contributed by atoms with E-state index >= 15 is 0 Å². The molecule has 0 spiro atoms. The number of benzene rings is 1. The predicted molar refractivity (Wildman–Crippen MR) is 79.5 cm³/mol. The summed E-state index contributed by atoms with van der Waals surface area (Å²) < 4.78 is 5.51. The van der Waals surface area contributed by atoms with Crippen molar-refractivity contribution in [3.8, 4) is 0 Å². The summed E-state index contributed by atoms with van der Waals surface area (Å²) in [5.74, 6) is 0. The Morgan fingerprint density at radius 1 is 1.21 bits per heavy atom. The Bertz CT molecular complexity index is 390. The maximum absolute atomic E-state index is 10.2. The normalized spacial score (nSPS) is 13.3. The SMILES string of the molecule is Cc1ccc(C(O)CN(C)CCOC(C)C)cc1C. The van der Waals surface area contributed by atoms with E-state index in [0.29, 0.717) is 13.2 Å². The maximum Gasteiger partial charge on any atom is 0.0916 e. The zero-order valence-electron chi connectivity index (χ0n) is 12.8. The van der Waals surface area contributed by atoms with Crippen molar-refractivity contribution in [2.75, 3.05) is 26.7 Å². The molecule has 0 amide bonds. The van der Waals surface area contributed by atoms with Crippen LogP contribution in [0.5, 0.6) is 0 Å². The fraction of sp³-hybridized carbons (Fsp3) is 0.625. The van der Waals surface area contributed by atoms with Crippen LogP contribution in [0.4, 0.5) is 0 Å². The fourth-order valence-corrected chi connectivity index (χ4v) is 1.91. The van der Waals surface area contributed by atoms with Crippen molar-refractivity contribution >= 4 is 0 Å². The molecule has 0 fully saturated rings. The van der Waals surface area contributed by atoms with Crippen molar-refractivity contribution in [2.24, 2.45) is 0 Å². The first-order valence-electron chi connectivity index (χ1n) is 6.95. The quantitative estimate of drug-likeness (QED) is 0.823. The molecule has 0 aliphatic rings. The summed E-state index contributed by atoms with van der Waals surface area (Å²) in [6.45, 7) is 10.4. The van der Waals surface area contributed by atoms with Crippen LogP contribution < -0.4 is 0 Å². The minimum absolute atomic E-state index is 0.262. The van der Waals surface area contributed by atoms with Gasteiger partial charge in [0.2, 0.25) is 0 Å². The van der Waals surface area contributed by atoms with Gasteiger partial charge in [0.25, 0.3) is 0 Å². The summed E-state index contributed by atoms with van der Waals surface area (Å²) in [6.07, 6.45) is -0.179. The lowest BCUT2D eigenvalue weighted by atomic mass is 10.0. The van der Waals surface area contributed by atoms with E-state index in [1.165, 1.54) is 11.1 Å². The molecule has 0 aliphatic heterocycles. The van der Waals surface area contributed by atoms with Crippen molar-refractivity contribution in [2.45, 2.75) is 39.9 Å². The van der Waals surface area contributed by atoms with E-state index in [1.807, 2.05) is 27.0 Å². The summed E-state index contributed by atoms with van der Waals surface area (Å²) in [7, 11) is 2.01. The molecular weight excluding hydrogens is 238 g/mol. The van der Waals surface area contributed by atoms with Gasteiger partial charge in [-0.2, -0.15) is 0 Å². The number of nitrogens with zero attached hydrogens (tertiary/aromatic N) is 1. The van der Waals surface area contributed by atoms with Crippen molar-refractivity contribution in [1.29, 1.82) is 0 Å². The second-order valence-corrected chi connectivity index (χ2v) is 5.54. The second kappa shape index (κ2) is 7.63. The third-order valence-corrected chi connectivity index (χ3v) is 3.32. The molecule has 0 saturated carbocycles. The van der Waals surface area contributed by atoms with Gasteiger partial charge in [-0.05, 0) is 51.4 Å². The number of hydrogen-bond donors (Lipinski definition) is 1. The smallest absolute Gasteiger partial charge is 0.0916 e. The largest absolute Gasteiger partial charge is 0.387 e. The molecule has 1 aromatic carbocycles. The Kier molecular flexibility index (Phi) is 6.49. The van der Waals surface area contributed by atoms with E-state index in [1.54, 1.807) is 0 Å². The third kappa shape index (κ3) is 5.72. The average Bonchev–Trinajstić information content (AvgIpc) is 2.32. The Balaban J connectivity index is 2.44. The minimum atomic E-state index is -0.441. The number of aliphatic hydroxyl groups excluding tert-OH is 1. The maximum atomic E-state index is 10.2. The first-order valence-corrected chi connectivity index (χ1v) is 6.95. The molecule has 1 aromatic rings. The zero-order chi connectivity index (χ0) is 14.4. The molecule has 3 nitrogen and oxygen atoms in total.